The van der Waals surface area contributed by atoms with E-state index in [0.29, 0.717) is 24.0 Å². The van der Waals surface area contributed by atoms with Crippen molar-refractivity contribution in [1.29, 1.82) is 0 Å². The molecule has 0 bridgehead atoms. The van der Waals surface area contributed by atoms with Gasteiger partial charge >= 0.3 is 5.97 Å². The number of benzene rings is 2. The maximum atomic E-state index is 11.1. The van der Waals surface area contributed by atoms with Crippen molar-refractivity contribution in [2.75, 3.05) is 0 Å². The Kier molecular flexibility index (Phi) is 4.93. The maximum Gasteiger partial charge on any atom is 0.376 e. The zero-order chi connectivity index (χ0) is 15.9. The van der Waals surface area contributed by atoms with Crippen LogP contribution >= 0.6 is 0 Å². The molecule has 0 atom stereocenters. The summed E-state index contributed by atoms with van der Waals surface area (Å²) in [6.07, 6.45) is 0.665. The van der Waals surface area contributed by atoms with Crippen LogP contribution in [0.2, 0.25) is 0 Å². The fraction of sp³-hybridized carbons (Fsp3) is 0.0588. The average molecular weight is 298 g/mol. The number of carbonyl (C=O) groups is 2. The molecule has 0 heterocycles. The van der Waals surface area contributed by atoms with E-state index in [4.69, 9.17) is 9.84 Å². The highest BCUT2D eigenvalue weighted by atomic mass is 16.5. The van der Waals surface area contributed by atoms with Gasteiger partial charge in [-0.2, -0.15) is 0 Å². The molecule has 0 aliphatic rings. The highest BCUT2D eigenvalue weighted by Gasteiger charge is 2.11. The van der Waals surface area contributed by atoms with Gasteiger partial charge in [0.1, 0.15) is 18.1 Å². The molecule has 0 fully saturated rings. The maximum absolute atomic E-state index is 11.1. The first-order valence-electron chi connectivity index (χ1n) is 6.51. The monoisotopic (exact) mass is 298 g/mol. The van der Waals surface area contributed by atoms with Gasteiger partial charge in [0.2, 0.25) is 0 Å². The Morgan fingerprint density at radius 3 is 2.41 bits per heavy atom. The van der Waals surface area contributed by atoms with Crippen molar-refractivity contribution in [1.82, 2.24) is 0 Å². The third-order valence-electron chi connectivity index (χ3n) is 2.86. The zero-order valence-corrected chi connectivity index (χ0v) is 11.6. The van der Waals surface area contributed by atoms with E-state index in [1.54, 1.807) is 18.2 Å². The molecule has 2 N–H and O–H groups in total. The van der Waals surface area contributed by atoms with Crippen LogP contribution in [-0.4, -0.2) is 22.0 Å². The van der Waals surface area contributed by atoms with Crippen molar-refractivity contribution < 1.29 is 24.5 Å². The lowest BCUT2D eigenvalue weighted by molar-refractivity contribution is -0.146. The first-order chi connectivity index (χ1) is 10.6. The van der Waals surface area contributed by atoms with Crippen molar-refractivity contribution in [2.24, 2.45) is 0 Å². The van der Waals surface area contributed by atoms with E-state index in [1.807, 2.05) is 30.3 Å². The van der Waals surface area contributed by atoms with Crippen LogP contribution in [0, 0.1) is 0 Å². The Morgan fingerprint density at radius 1 is 1.00 bits per heavy atom. The lowest BCUT2D eigenvalue weighted by atomic mass is 10.1. The lowest BCUT2D eigenvalue weighted by Crippen LogP contribution is -2.09. The highest BCUT2D eigenvalue weighted by molar-refractivity contribution is 6.38. The third-order valence-corrected chi connectivity index (χ3v) is 2.86. The van der Waals surface area contributed by atoms with Gasteiger partial charge in [-0.1, -0.05) is 42.5 Å². The first-order valence-corrected chi connectivity index (χ1v) is 6.51. The van der Waals surface area contributed by atoms with Crippen LogP contribution in [0.4, 0.5) is 0 Å². The van der Waals surface area contributed by atoms with Gasteiger partial charge in [-0.15, -0.1) is 0 Å². The summed E-state index contributed by atoms with van der Waals surface area (Å²) in [5, 5.41) is 18.3. The Bertz CT molecular complexity index is 704. The van der Waals surface area contributed by atoms with E-state index in [9.17, 15) is 14.7 Å². The van der Waals surface area contributed by atoms with Crippen molar-refractivity contribution in [2.45, 2.75) is 6.61 Å². The normalized spacial score (nSPS) is 11.0. The summed E-state index contributed by atoms with van der Waals surface area (Å²) < 4.78 is 5.60. The molecule has 5 heteroatoms. The summed E-state index contributed by atoms with van der Waals surface area (Å²) in [7, 11) is 0. The fourth-order valence-corrected chi connectivity index (χ4v) is 1.76. The molecule has 0 spiro atoms. The van der Waals surface area contributed by atoms with Gasteiger partial charge in [0.15, 0.2) is 0 Å². The van der Waals surface area contributed by atoms with Gasteiger partial charge in [0.25, 0.3) is 5.78 Å². The van der Waals surface area contributed by atoms with Gasteiger partial charge in [-0.05, 0) is 17.7 Å². The number of rotatable bonds is 6. The predicted octanol–water partition coefficient (Wildman–Crippen LogP) is 2.82. The number of carbonyl (C=O) groups excluding carboxylic acids is 1. The van der Waals surface area contributed by atoms with Gasteiger partial charge in [0.05, 0.1) is 0 Å². The van der Waals surface area contributed by atoms with Crippen molar-refractivity contribution in [3.63, 3.8) is 0 Å². The van der Waals surface area contributed by atoms with E-state index in [2.05, 4.69) is 0 Å². The Balaban J connectivity index is 2.10. The summed E-state index contributed by atoms with van der Waals surface area (Å²) in [6.45, 7) is 0.364. The molecular formula is C17H14O5. The summed E-state index contributed by atoms with van der Waals surface area (Å²) in [6, 6.07) is 16.0. The quantitative estimate of drug-likeness (QED) is 0.486. The molecule has 0 saturated carbocycles. The molecule has 0 aliphatic heterocycles. The predicted molar refractivity (Wildman–Crippen MR) is 80.5 cm³/mol. The Hall–Kier alpha value is -3.08. The second-order valence-electron chi connectivity index (χ2n) is 4.50. The molecule has 2 aromatic rings. The molecule has 0 aromatic heterocycles. The van der Waals surface area contributed by atoms with E-state index < -0.39 is 17.5 Å². The molecule has 22 heavy (non-hydrogen) atoms. The van der Waals surface area contributed by atoms with E-state index in [1.165, 1.54) is 6.07 Å². The Labute approximate surface area is 127 Å². The summed E-state index contributed by atoms with van der Waals surface area (Å²) >= 11 is 0. The number of hydrogen-bond donors (Lipinski definition) is 2. The number of aliphatic hydroxyl groups is 1. The van der Waals surface area contributed by atoms with Crippen LogP contribution in [0.5, 0.6) is 5.75 Å². The molecule has 0 radical (unpaired) electrons. The van der Waals surface area contributed by atoms with Gasteiger partial charge < -0.3 is 14.9 Å². The molecule has 0 unspecified atom stereocenters. The minimum absolute atomic E-state index is 0.306. The van der Waals surface area contributed by atoms with Crippen LogP contribution in [0.3, 0.4) is 0 Å². The average Bonchev–Trinajstić information content (AvgIpc) is 2.54. The largest absolute Gasteiger partial charge is 0.507 e. The van der Waals surface area contributed by atoms with E-state index >= 15 is 0 Å². The van der Waals surface area contributed by atoms with Crippen molar-refractivity contribution in [3.05, 3.63) is 71.8 Å². The lowest BCUT2D eigenvalue weighted by Gasteiger charge is -2.08. The molecule has 0 amide bonds. The molecule has 0 saturated heterocycles. The van der Waals surface area contributed by atoms with Gasteiger partial charge in [0, 0.05) is 11.6 Å². The smallest absolute Gasteiger partial charge is 0.376 e. The topological polar surface area (TPSA) is 83.8 Å². The second kappa shape index (κ2) is 7.08. The zero-order valence-electron chi connectivity index (χ0n) is 11.6. The van der Waals surface area contributed by atoms with Crippen molar-refractivity contribution >= 4 is 17.5 Å². The van der Waals surface area contributed by atoms with Gasteiger partial charge in [-0.25, -0.2) is 4.79 Å². The third kappa shape index (κ3) is 4.21. The number of ketones is 1. The highest BCUT2D eigenvalue weighted by Crippen LogP contribution is 2.19. The second-order valence-corrected chi connectivity index (χ2v) is 4.50. The molecule has 5 nitrogen and oxygen atoms in total. The number of carboxylic acids is 1. The summed E-state index contributed by atoms with van der Waals surface area (Å²) in [4.78, 5) is 21.5. The van der Waals surface area contributed by atoms with E-state index in [-0.39, 0.29) is 0 Å². The molecule has 2 aromatic carbocycles. The molecule has 112 valence electrons. The van der Waals surface area contributed by atoms with Gasteiger partial charge in [-0.3, -0.25) is 4.79 Å². The summed E-state index contributed by atoms with van der Waals surface area (Å²) in [5.41, 5.74) is 1.30. The SMILES string of the molecule is O=C(O)C(=O)/C=C(\O)c1cccc(OCc2ccccc2)c1. The number of aliphatic hydroxyl groups excluding tert-OH is 1. The number of carboxylic acid groups (broad SMARTS) is 1. The fourth-order valence-electron chi connectivity index (χ4n) is 1.76. The number of hydrogen-bond acceptors (Lipinski definition) is 4. The van der Waals surface area contributed by atoms with Crippen LogP contribution in [0.15, 0.2) is 60.7 Å². The van der Waals surface area contributed by atoms with Crippen LogP contribution in [-0.2, 0) is 16.2 Å². The molecule has 2 rings (SSSR count). The minimum Gasteiger partial charge on any atom is -0.507 e. The van der Waals surface area contributed by atoms with Crippen molar-refractivity contribution in [3.8, 4) is 5.75 Å². The first kappa shape index (κ1) is 15.3. The molecular weight excluding hydrogens is 284 g/mol. The minimum atomic E-state index is -1.62. The molecule has 0 aliphatic carbocycles. The number of ether oxygens (including phenoxy) is 1. The summed E-state index contributed by atoms with van der Waals surface area (Å²) in [5.74, 6) is -2.72. The van der Waals surface area contributed by atoms with Crippen LogP contribution in [0.1, 0.15) is 11.1 Å². The Morgan fingerprint density at radius 2 is 1.73 bits per heavy atom. The van der Waals surface area contributed by atoms with Crippen LogP contribution in [0.25, 0.3) is 5.76 Å². The number of aliphatic carboxylic acids is 1. The standard InChI is InChI=1S/C17H14O5/c18-15(10-16(19)17(20)21)13-7-4-8-14(9-13)22-11-12-5-2-1-3-6-12/h1-10,18H,11H2,(H,20,21)/b15-10-. The van der Waals surface area contributed by atoms with E-state index in [0.717, 1.165) is 5.56 Å². The van der Waals surface area contributed by atoms with Crippen LogP contribution < -0.4 is 4.74 Å².